The summed E-state index contributed by atoms with van der Waals surface area (Å²) in [6.07, 6.45) is 51.8. The number of unbranched alkanes of at least 4 members (excludes halogenated alkanes) is 29. The van der Waals surface area contributed by atoms with Gasteiger partial charge in [-0.05, 0) is 18.4 Å². The Morgan fingerprint density at radius 2 is 0.771 bits per heavy atom. The highest BCUT2D eigenvalue weighted by molar-refractivity contribution is 5.13. The molecular formula is C46H83N2+. The van der Waals surface area contributed by atoms with Crippen LogP contribution in [0.15, 0.2) is 42.7 Å². The first-order valence-corrected chi connectivity index (χ1v) is 22.0. The van der Waals surface area contributed by atoms with Crippen molar-refractivity contribution in [3.05, 3.63) is 54.1 Å². The zero-order chi connectivity index (χ0) is 34.0. The predicted octanol–water partition coefficient (Wildman–Crippen LogP) is 15.3. The van der Waals surface area contributed by atoms with Crippen molar-refractivity contribution in [2.24, 2.45) is 0 Å². The van der Waals surface area contributed by atoms with E-state index in [1.165, 1.54) is 223 Å². The van der Waals surface area contributed by atoms with Crippen LogP contribution in [0.5, 0.6) is 0 Å². The van der Waals surface area contributed by atoms with E-state index < -0.39 is 0 Å². The summed E-state index contributed by atoms with van der Waals surface area (Å²) in [5, 5.41) is 0. The molecule has 1 heterocycles. The SMILES string of the molecule is CCCCCCCCCCCCCCCCCCC(CCCCCCCCCCCCCCCCC)c1[nH]cc[n+]1Cc1ccccc1. The maximum absolute atomic E-state index is 3.70. The van der Waals surface area contributed by atoms with Gasteiger partial charge in [-0.2, -0.15) is 0 Å². The lowest BCUT2D eigenvalue weighted by Crippen LogP contribution is -2.38. The van der Waals surface area contributed by atoms with E-state index in [9.17, 15) is 0 Å². The average molecular weight is 664 g/mol. The summed E-state index contributed by atoms with van der Waals surface area (Å²) >= 11 is 0. The van der Waals surface area contributed by atoms with E-state index in [0.717, 1.165) is 6.54 Å². The fraction of sp³-hybridized carbons (Fsp3) is 0.804. The highest BCUT2D eigenvalue weighted by Gasteiger charge is 2.22. The molecule has 0 aliphatic rings. The highest BCUT2D eigenvalue weighted by Crippen LogP contribution is 2.26. The van der Waals surface area contributed by atoms with Crippen LogP contribution in [0.25, 0.3) is 0 Å². The number of nitrogens with zero attached hydrogens (tertiary/aromatic N) is 1. The third kappa shape index (κ3) is 23.7. The fourth-order valence-corrected chi connectivity index (χ4v) is 7.76. The van der Waals surface area contributed by atoms with Crippen LogP contribution < -0.4 is 4.57 Å². The van der Waals surface area contributed by atoms with Crippen molar-refractivity contribution in [3.8, 4) is 0 Å². The first-order valence-electron chi connectivity index (χ1n) is 22.0. The van der Waals surface area contributed by atoms with Crippen LogP contribution in [0, 0.1) is 0 Å². The second-order valence-corrected chi connectivity index (χ2v) is 15.5. The molecule has 1 aromatic heterocycles. The Morgan fingerprint density at radius 3 is 1.12 bits per heavy atom. The van der Waals surface area contributed by atoms with Crippen molar-refractivity contribution in [3.63, 3.8) is 0 Å². The summed E-state index contributed by atoms with van der Waals surface area (Å²) in [5.41, 5.74) is 1.40. The molecule has 0 aliphatic carbocycles. The van der Waals surface area contributed by atoms with Crippen LogP contribution in [-0.2, 0) is 6.54 Å². The highest BCUT2D eigenvalue weighted by atomic mass is 15.1. The summed E-state index contributed by atoms with van der Waals surface area (Å²) < 4.78 is 2.50. The second kappa shape index (κ2) is 32.6. The molecule has 1 N–H and O–H groups in total. The van der Waals surface area contributed by atoms with Crippen LogP contribution in [0.3, 0.4) is 0 Å². The van der Waals surface area contributed by atoms with Gasteiger partial charge in [-0.1, -0.05) is 243 Å². The van der Waals surface area contributed by atoms with Gasteiger partial charge in [0.05, 0.1) is 5.92 Å². The van der Waals surface area contributed by atoms with Gasteiger partial charge in [-0.3, -0.25) is 0 Å². The van der Waals surface area contributed by atoms with Crippen LogP contribution in [0.4, 0.5) is 0 Å². The number of hydrogen-bond donors (Lipinski definition) is 1. The van der Waals surface area contributed by atoms with Crippen molar-refractivity contribution >= 4 is 0 Å². The lowest BCUT2D eigenvalue weighted by atomic mass is 9.93. The van der Waals surface area contributed by atoms with Crippen LogP contribution in [0.2, 0.25) is 0 Å². The number of aromatic amines is 1. The van der Waals surface area contributed by atoms with Crippen molar-refractivity contribution < 1.29 is 4.57 Å². The van der Waals surface area contributed by atoms with E-state index in [2.05, 4.69) is 66.1 Å². The average Bonchev–Trinajstić information content (AvgIpc) is 3.57. The summed E-state index contributed by atoms with van der Waals surface area (Å²) in [6.45, 7) is 5.60. The van der Waals surface area contributed by atoms with Gasteiger partial charge in [0.25, 0.3) is 5.82 Å². The summed E-state index contributed by atoms with van der Waals surface area (Å²) in [5.74, 6) is 2.13. The van der Waals surface area contributed by atoms with Gasteiger partial charge in [-0.15, -0.1) is 0 Å². The van der Waals surface area contributed by atoms with Crippen molar-refractivity contribution in [1.82, 2.24) is 4.98 Å². The molecule has 0 bridgehead atoms. The maximum Gasteiger partial charge on any atom is 0.257 e. The lowest BCUT2D eigenvalue weighted by Gasteiger charge is -2.14. The van der Waals surface area contributed by atoms with Gasteiger partial charge in [0, 0.05) is 0 Å². The van der Waals surface area contributed by atoms with E-state index >= 15 is 0 Å². The van der Waals surface area contributed by atoms with Crippen molar-refractivity contribution in [2.45, 2.75) is 238 Å². The molecule has 276 valence electrons. The van der Waals surface area contributed by atoms with E-state index in [0.29, 0.717) is 5.92 Å². The number of hydrogen-bond acceptors (Lipinski definition) is 0. The minimum Gasteiger partial charge on any atom is -0.247 e. The van der Waals surface area contributed by atoms with Gasteiger partial charge in [0.2, 0.25) is 0 Å². The molecule has 1 unspecified atom stereocenters. The number of rotatable bonds is 36. The van der Waals surface area contributed by atoms with E-state index in [-0.39, 0.29) is 0 Å². The Balaban J connectivity index is 1.58. The number of benzene rings is 1. The standard InChI is InChI=1S/C46H82N2/c1-3-5-7-9-11-13-15-17-19-21-23-25-27-29-31-36-40-45(46-47-41-42-48(46)43-44-37-33-32-34-38-44)39-35-30-28-26-24-22-20-18-16-14-12-10-8-6-4-2/h32-34,37-38,41-42,45H,3-31,35-36,39-40,43H2,1-2H3/p+1. The first kappa shape index (κ1) is 42.6. The molecule has 2 nitrogen and oxygen atoms in total. The van der Waals surface area contributed by atoms with Gasteiger partial charge in [0.15, 0.2) is 0 Å². The summed E-state index contributed by atoms with van der Waals surface area (Å²) in [4.78, 5) is 3.70. The second-order valence-electron chi connectivity index (χ2n) is 15.5. The lowest BCUT2D eigenvalue weighted by molar-refractivity contribution is -0.695. The molecule has 0 fully saturated rings. The maximum atomic E-state index is 3.70. The van der Waals surface area contributed by atoms with Crippen molar-refractivity contribution in [2.75, 3.05) is 0 Å². The predicted molar refractivity (Wildman–Crippen MR) is 213 cm³/mol. The minimum absolute atomic E-state index is 0.664. The Kier molecular flexibility index (Phi) is 29.0. The zero-order valence-corrected chi connectivity index (χ0v) is 32.6. The molecule has 0 saturated carbocycles. The molecule has 1 atom stereocenters. The smallest absolute Gasteiger partial charge is 0.247 e. The van der Waals surface area contributed by atoms with Gasteiger partial charge in [-0.25, -0.2) is 9.55 Å². The number of H-pyrrole nitrogens is 1. The van der Waals surface area contributed by atoms with Crippen LogP contribution >= 0.6 is 0 Å². The zero-order valence-electron chi connectivity index (χ0n) is 32.6. The number of aromatic nitrogens is 2. The Bertz CT molecular complexity index is 902. The largest absolute Gasteiger partial charge is 0.257 e. The Labute approximate surface area is 301 Å². The third-order valence-corrected chi connectivity index (χ3v) is 10.9. The van der Waals surface area contributed by atoms with E-state index in [1.54, 1.807) is 0 Å². The minimum atomic E-state index is 0.664. The fourth-order valence-electron chi connectivity index (χ4n) is 7.76. The number of nitrogens with one attached hydrogen (secondary N) is 1. The molecule has 1 aromatic carbocycles. The Hall–Kier alpha value is -1.57. The third-order valence-electron chi connectivity index (χ3n) is 10.9. The monoisotopic (exact) mass is 664 g/mol. The molecule has 0 amide bonds. The van der Waals surface area contributed by atoms with Gasteiger partial charge in [0.1, 0.15) is 18.9 Å². The molecule has 0 aliphatic heterocycles. The quantitative estimate of drug-likeness (QED) is 0.0553. The molecule has 0 spiro atoms. The summed E-state index contributed by atoms with van der Waals surface area (Å²) in [6, 6.07) is 11.0. The molecule has 2 aromatic rings. The van der Waals surface area contributed by atoms with Crippen LogP contribution in [-0.4, -0.2) is 4.98 Å². The molecule has 48 heavy (non-hydrogen) atoms. The first-order chi connectivity index (χ1) is 23.8. The summed E-state index contributed by atoms with van der Waals surface area (Å²) in [7, 11) is 0. The van der Waals surface area contributed by atoms with Gasteiger partial charge < -0.3 is 0 Å². The van der Waals surface area contributed by atoms with E-state index in [4.69, 9.17) is 0 Å². The molecule has 0 saturated heterocycles. The van der Waals surface area contributed by atoms with E-state index in [1.807, 2.05) is 0 Å². The van der Waals surface area contributed by atoms with Crippen molar-refractivity contribution in [1.29, 1.82) is 0 Å². The molecule has 0 radical (unpaired) electrons. The molecule has 2 heteroatoms. The number of imidazole rings is 1. The molecular weight excluding hydrogens is 581 g/mol. The topological polar surface area (TPSA) is 19.7 Å². The normalized spacial score (nSPS) is 12.2. The molecule has 2 rings (SSSR count). The van der Waals surface area contributed by atoms with Crippen LogP contribution in [0.1, 0.15) is 243 Å². The van der Waals surface area contributed by atoms with Gasteiger partial charge >= 0.3 is 0 Å². The Morgan fingerprint density at radius 1 is 0.438 bits per heavy atom.